The molecule has 0 bridgehead atoms. The van der Waals surface area contributed by atoms with Crippen LogP contribution >= 0.6 is 0 Å². The van der Waals surface area contributed by atoms with Gasteiger partial charge in [0.1, 0.15) is 5.70 Å². The summed E-state index contributed by atoms with van der Waals surface area (Å²) in [6, 6.07) is 20.1. The minimum atomic E-state index is -0.416. The summed E-state index contributed by atoms with van der Waals surface area (Å²) in [4.78, 5) is 30.5. The van der Waals surface area contributed by atoms with Crippen molar-refractivity contribution in [2.24, 2.45) is 0 Å². The molecule has 0 saturated carbocycles. The number of rotatable bonds is 7. The molecular weight excluding hydrogens is 430 g/mol. The van der Waals surface area contributed by atoms with E-state index in [9.17, 15) is 9.59 Å². The highest BCUT2D eigenvalue weighted by atomic mass is 16.5. The van der Waals surface area contributed by atoms with E-state index in [0.717, 1.165) is 11.3 Å². The number of imide groups is 1. The molecule has 1 N–H and O–H groups in total. The van der Waals surface area contributed by atoms with Crippen LogP contribution in [0.25, 0.3) is 5.57 Å². The summed E-state index contributed by atoms with van der Waals surface area (Å²) in [7, 11) is 6.99. The molecule has 0 unspecified atom stereocenters. The number of para-hydroxylation sites is 1. The van der Waals surface area contributed by atoms with Crippen molar-refractivity contribution in [2.75, 3.05) is 43.4 Å². The molecule has 0 radical (unpaired) electrons. The van der Waals surface area contributed by atoms with E-state index in [1.165, 1.54) is 12.0 Å². The molecule has 0 fully saturated rings. The fourth-order valence-corrected chi connectivity index (χ4v) is 3.93. The van der Waals surface area contributed by atoms with Gasteiger partial charge < -0.3 is 19.7 Å². The van der Waals surface area contributed by atoms with Crippen LogP contribution in [-0.4, -0.2) is 40.1 Å². The maximum absolute atomic E-state index is 13.7. The van der Waals surface area contributed by atoms with Crippen LogP contribution in [0.5, 0.6) is 11.5 Å². The third-order valence-electron chi connectivity index (χ3n) is 5.77. The van der Waals surface area contributed by atoms with Crippen molar-refractivity contribution < 1.29 is 19.1 Å². The topological polar surface area (TPSA) is 71.1 Å². The Balaban J connectivity index is 1.83. The Morgan fingerprint density at radius 3 is 2.12 bits per heavy atom. The molecule has 2 amide bonds. The summed E-state index contributed by atoms with van der Waals surface area (Å²) >= 11 is 0. The Morgan fingerprint density at radius 2 is 1.50 bits per heavy atom. The second-order valence-corrected chi connectivity index (χ2v) is 8.12. The van der Waals surface area contributed by atoms with Crippen LogP contribution in [0.2, 0.25) is 0 Å². The van der Waals surface area contributed by atoms with Crippen LogP contribution in [0, 0.1) is 6.92 Å². The zero-order chi connectivity index (χ0) is 24.4. The quantitative estimate of drug-likeness (QED) is 0.528. The molecule has 4 rings (SSSR count). The summed E-state index contributed by atoms with van der Waals surface area (Å²) in [5.74, 6) is 0.185. The van der Waals surface area contributed by atoms with Gasteiger partial charge in [0.15, 0.2) is 11.5 Å². The second-order valence-electron chi connectivity index (χ2n) is 8.12. The van der Waals surface area contributed by atoms with E-state index < -0.39 is 11.8 Å². The van der Waals surface area contributed by atoms with Crippen molar-refractivity contribution in [3.8, 4) is 11.5 Å². The second kappa shape index (κ2) is 9.31. The van der Waals surface area contributed by atoms with Gasteiger partial charge in [-0.15, -0.1) is 0 Å². The molecular formula is C27H27N3O4. The van der Waals surface area contributed by atoms with E-state index in [4.69, 9.17) is 9.47 Å². The van der Waals surface area contributed by atoms with Crippen molar-refractivity contribution in [1.29, 1.82) is 0 Å². The molecule has 3 aromatic carbocycles. The lowest BCUT2D eigenvalue weighted by molar-refractivity contribution is -0.120. The number of carbonyl (C=O) groups excluding carboxylic acids is 2. The first kappa shape index (κ1) is 22.9. The van der Waals surface area contributed by atoms with Crippen LogP contribution in [0.15, 0.2) is 72.4 Å². The number of hydrogen-bond acceptors (Lipinski definition) is 6. The number of hydrogen-bond donors (Lipinski definition) is 1. The fourth-order valence-electron chi connectivity index (χ4n) is 3.93. The highest BCUT2D eigenvalue weighted by Crippen LogP contribution is 2.38. The molecule has 0 saturated heterocycles. The number of benzene rings is 3. The highest BCUT2D eigenvalue weighted by Gasteiger charge is 2.41. The number of amides is 2. The normalized spacial score (nSPS) is 13.4. The first-order chi connectivity index (χ1) is 16.3. The van der Waals surface area contributed by atoms with Crippen LogP contribution in [0.1, 0.15) is 11.1 Å². The van der Waals surface area contributed by atoms with E-state index in [1.54, 1.807) is 31.4 Å². The van der Waals surface area contributed by atoms with Crippen LogP contribution < -0.4 is 24.6 Å². The molecule has 0 atom stereocenters. The maximum atomic E-state index is 13.7. The lowest BCUT2D eigenvalue weighted by atomic mass is 10.0. The number of nitrogens with one attached hydrogen (secondary N) is 1. The molecule has 0 spiro atoms. The monoisotopic (exact) mass is 457 g/mol. The van der Waals surface area contributed by atoms with Gasteiger partial charge in [-0.3, -0.25) is 9.59 Å². The SMILES string of the molecule is COc1ccc(C2=C(Nc3ccc(N(C)C)cc3)C(=O)N(c3ccccc3C)C2=O)cc1OC. The molecule has 7 nitrogen and oxygen atoms in total. The summed E-state index contributed by atoms with van der Waals surface area (Å²) in [6.07, 6.45) is 0. The van der Waals surface area contributed by atoms with Gasteiger partial charge >= 0.3 is 0 Å². The Kier molecular flexibility index (Phi) is 6.27. The van der Waals surface area contributed by atoms with E-state index in [2.05, 4.69) is 5.32 Å². The zero-order valence-electron chi connectivity index (χ0n) is 19.9. The lowest BCUT2D eigenvalue weighted by Crippen LogP contribution is -2.33. The summed E-state index contributed by atoms with van der Waals surface area (Å²) < 4.78 is 10.8. The van der Waals surface area contributed by atoms with Crippen LogP contribution in [0.4, 0.5) is 17.1 Å². The third kappa shape index (κ3) is 4.08. The molecule has 0 aromatic heterocycles. The minimum Gasteiger partial charge on any atom is -0.493 e. The van der Waals surface area contributed by atoms with Crippen molar-refractivity contribution in [2.45, 2.75) is 6.92 Å². The van der Waals surface area contributed by atoms with Gasteiger partial charge in [0, 0.05) is 25.5 Å². The highest BCUT2D eigenvalue weighted by molar-refractivity contribution is 6.46. The first-order valence-corrected chi connectivity index (χ1v) is 10.8. The number of anilines is 3. The molecule has 0 aliphatic carbocycles. The maximum Gasteiger partial charge on any atom is 0.282 e. The number of methoxy groups -OCH3 is 2. The minimum absolute atomic E-state index is 0.207. The Labute approximate surface area is 199 Å². The Bertz CT molecular complexity index is 1280. The molecule has 1 aliphatic heterocycles. The molecule has 1 aliphatic rings. The first-order valence-electron chi connectivity index (χ1n) is 10.8. The standard InChI is InChI=1S/C27H27N3O4/c1-17-8-6-7-9-21(17)30-26(31)24(18-10-15-22(33-4)23(16-18)34-5)25(27(30)32)28-19-11-13-20(14-12-19)29(2)3/h6-16,28H,1-5H3. The lowest BCUT2D eigenvalue weighted by Gasteiger charge is -2.18. The average Bonchev–Trinajstić information content (AvgIpc) is 3.08. The van der Waals surface area contributed by atoms with Gasteiger partial charge in [0.2, 0.25) is 0 Å². The summed E-state index contributed by atoms with van der Waals surface area (Å²) in [5, 5.41) is 3.20. The molecule has 174 valence electrons. The van der Waals surface area contributed by atoms with Crippen molar-refractivity contribution in [3.05, 3.63) is 83.6 Å². The smallest absolute Gasteiger partial charge is 0.282 e. The average molecular weight is 458 g/mol. The zero-order valence-corrected chi connectivity index (χ0v) is 19.9. The fraction of sp³-hybridized carbons (Fsp3) is 0.185. The van der Waals surface area contributed by atoms with Gasteiger partial charge in [-0.1, -0.05) is 24.3 Å². The predicted molar refractivity (Wildman–Crippen MR) is 135 cm³/mol. The molecule has 3 aromatic rings. The van der Waals surface area contributed by atoms with E-state index in [1.807, 2.05) is 68.4 Å². The Hall–Kier alpha value is -4.26. The number of ether oxygens (including phenoxy) is 2. The molecule has 34 heavy (non-hydrogen) atoms. The summed E-state index contributed by atoms with van der Waals surface area (Å²) in [6.45, 7) is 1.87. The molecule has 7 heteroatoms. The van der Waals surface area contributed by atoms with Crippen molar-refractivity contribution in [1.82, 2.24) is 0 Å². The van der Waals surface area contributed by atoms with Crippen LogP contribution in [0.3, 0.4) is 0 Å². The van der Waals surface area contributed by atoms with Crippen LogP contribution in [-0.2, 0) is 9.59 Å². The largest absolute Gasteiger partial charge is 0.493 e. The number of aryl methyl sites for hydroxylation is 1. The van der Waals surface area contributed by atoms with Gasteiger partial charge in [-0.25, -0.2) is 4.90 Å². The molecule has 1 heterocycles. The van der Waals surface area contributed by atoms with Gasteiger partial charge in [-0.05, 0) is 60.5 Å². The van der Waals surface area contributed by atoms with E-state index >= 15 is 0 Å². The van der Waals surface area contributed by atoms with E-state index in [-0.39, 0.29) is 11.3 Å². The third-order valence-corrected chi connectivity index (χ3v) is 5.77. The Morgan fingerprint density at radius 1 is 0.824 bits per heavy atom. The van der Waals surface area contributed by atoms with Gasteiger partial charge in [0.05, 0.1) is 25.5 Å². The van der Waals surface area contributed by atoms with Crippen molar-refractivity contribution >= 4 is 34.4 Å². The van der Waals surface area contributed by atoms with Crippen molar-refractivity contribution in [3.63, 3.8) is 0 Å². The summed E-state index contributed by atoms with van der Waals surface area (Å²) in [5.41, 5.74) is 4.13. The van der Waals surface area contributed by atoms with E-state index in [0.29, 0.717) is 28.4 Å². The predicted octanol–water partition coefficient (Wildman–Crippen LogP) is 4.47. The number of carbonyl (C=O) groups is 2. The van der Waals surface area contributed by atoms with Gasteiger partial charge in [0.25, 0.3) is 11.8 Å². The van der Waals surface area contributed by atoms with Gasteiger partial charge in [-0.2, -0.15) is 0 Å². The number of nitrogens with zero attached hydrogens (tertiary/aromatic N) is 2.